The van der Waals surface area contributed by atoms with Crippen molar-refractivity contribution in [1.29, 1.82) is 0 Å². The van der Waals surface area contributed by atoms with E-state index in [2.05, 4.69) is 22.0 Å². The summed E-state index contributed by atoms with van der Waals surface area (Å²) < 4.78 is 13.0. The number of aryl methyl sites for hydroxylation is 1. The SMILES string of the molecule is COc1ccccc1N=c1scc(C)n1N1CCOCC1.Cl. The Labute approximate surface area is 140 Å². The number of methoxy groups -OCH3 is 1. The van der Waals surface area contributed by atoms with Crippen molar-refractivity contribution in [1.82, 2.24) is 4.68 Å². The maximum atomic E-state index is 5.43. The molecule has 2 aromatic rings. The molecule has 3 rings (SSSR count). The van der Waals surface area contributed by atoms with Crippen molar-refractivity contribution < 1.29 is 9.47 Å². The Morgan fingerprint density at radius 1 is 1.23 bits per heavy atom. The summed E-state index contributed by atoms with van der Waals surface area (Å²) in [4.78, 5) is 5.74. The fourth-order valence-corrected chi connectivity index (χ4v) is 3.27. The van der Waals surface area contributed by atoms with E-state index in [1.165, 1.54) is 5.69 Å². The summed E-state index contributed by atoms with van der Waals surface area (Å²) in [6.45, 7) is 5.40. The molecule has 1 aliphatic rings. The molecule has 0 radical (unpaired) electrons. The second kappa shape index (κ2) is 7.67. The summed E-state index contributed by atoms with van der Waals surface area (Å²) in [7, 11) is 1.67. The standard InChI is InChI=1S/C15H19N3O2S.ClH/c1-12-11-21-15(18(12)17-7-9-20-10-8-17)16-13-5-3-4-6-14(13)19-2;/h3-6,11H,7-10H2,1-2H3;1H. The van der Waals surface area contributed by atoms with Crippen LogP contribution >= 0.6 is 23.7 Å². The highest BCUT2D eigenvalue weighted by molar-refractivity contribution is 7.07. The summed E-state index contributed by atoms with van der Waals surface area (Å²) in [5.41, 5.74) is 2.04. The van der Waals surface area contributed by atoms with Crippen LogP contribution in [0.4, 0.5) is 5.69 Å². The van der Waals surface area contributed by atoms with Gasteiger partial charge in [-0.2, -0.15) is 0 Å². The van der Waals surface area contributed by atoms with Gasteiger partial charge in [0, 0.05) is 11.1 Å². The van der Waals surface area contributed by atoms with E-state index < -0.39 is 0 Å². The van der Waals surface area contributed by atoms with Gasteiger partial charge in [0.2, 0.25) is 4.80 Å². The van der Waals surface area contributed by atoms with Gasteiger partial charge < -0.3 is 14.5 Å². The van der Waals surface area contributed by atoms with Crippen LogP contribution in [0.2, 0.25) is 0 Å². The molecule has 120 valence electrons. The Bertz CT molecular complexity index is 677. The monoisotopic (exact) mass is 341 g/mol. The zero-order valence-electron chi connectivity index (χ0n) is 12.7. The van der Waals surface area contributed by atoms with E-state index in [0.29, 0.717) is 0 Å². The Balaban J connectivity index is 0.00000176. The molecule has 0 unspecified atom stereocenters. The van der Waals surface area contributed by atoms with Crippen LogP contribution in [0.5, 0.6) is 5.75 Å². The summed E-state index contributed by atoms with van der Waals surface area (Å²) >= 11 is 1.64. The number of morpholine rings is 1. The van der Waals surface area contributed by atoms with Crippen molar-refractivity contribution in [2.75, 3.05) is 38.4 Å². The second-order valence-corrected chi connectivity index (χ2v) is 5.66. The summed E-state index contributed by atoms with van der Waals surface area (Å²) in [5.74, 6) is 0.789. The highest BCUT2D eigenvalue weighted by atomic mass is 35.5. The van der Waals surface area contributed by atoms with Crippen molar-refractivity contribution in [3.63, 3.8) is 0 Å². The molecule has 1 saturated heterocycles. The minimum Gasteiger partial charge on any atom is -0.494 e. The third-order valence-corrected chi connectivity index (χ3v) is 4.36. The third kappa shape index (κ3) is 3.45. The average Bonchev–Trinajstić information content (AvgIpc) is 2.89. The van der Waals surface area contributed by atoms with Gasteiger partial charge >= 0.3 is 0 Å². The van der Waals surface area contributed by atoms with Gasteiger partial charge in [-0.25, -0.2) is 9.67 Å². The lowest BCUT2D eigenvalue weighted by Gasteiger charge is -2.30. The molecule has 5 nitrogen and oxygen atoms in total. The van der Waals surface area contributed by atoms with E-state index in [-0.39, 0.29) is 12.4 Å². The zero-order chi connectivity index (χ0) is 14.7. The lowest BCUT2D eigenvalue weighted by Crippen LogP contribution is -2.48. The first kappa shape index (κ1) is 16.9. The van der Waals surface area contributed by atoms with E-state index in [9.17, 15) is 0 Å². The van der Waals surface area contributed by atoms with Crippen molar-refractivity contribution >= 4 is 29.4 Å². The minimum absolute atomic E-state index is 0. The zero-order valence-corrected chi connectivity index (χ0v) is 14.3. The van der Waals surface area contributed by atoms with Crippen molar-refractivity contribution in [2.45, 2.75) is 6.92 Å². The number of ether oxygens (including phenoxy) is 2. The van der Waals surface area contributed by atoms with Crippen LogP contribution in [-0.4, -0.2) is 38.1 Å². The number of hydrogen-bond acceptors (Lipinski definition) is 5. The molecule has 1 aromatic carbocycles. The average molecular weight is 342 g/mol. The number of halogens is 1. The number of rotatable bonds is 3. The number of benzene rings is 1. The molecule has 22 heavy (non-hydrogen) atoms. The maximum Gasteiger partial charge on any atom is 0.209 e. The summed E-state index contributed by atoms with van der Waals surface area (Å²) in [6, 6.07) is 7.82. The molecular weight excluding hydrogens is 322 g/mol. The molecule has 0 spiro atoms. The second-order valence-electron chi connectivity index (χ2n) is 4.82. The van der Waals surface area contributed by atoms with Gasteiger partial charge in [0.1, 0.15) is 11.4 Å². The molecule has 2 heterocycles. The Kier molecular flexibility index (Phi) is 5.88. The molecule has 7 heteroatoms. The molecule has 1 fully saturated rings. The molecule has 1 aromatic heterocycles. The Morgan fingerprint density at radius 3 is 2.68 bits per heavy atom. The lowest BCUT2D eigenvalue weighted by molar-refractivity contribution is 0.110. The van der Waals surface area contributed by atoms with Crippen LogP contribution < -0.4 is 14.5 Å². The molecule has 0 amide bonds. The highest BCUT2D eigenvalue weighted by Gasteiger charge is 2.14. The quantitative estimate of drug-likeness (QED) is 0.861. The van der Waals surface area contributed by atoms with Crippen LogP contribution in [0.25, 0.3) is 0 Å². The van der Waals surface area contributed by atoms with Gasteiger partial charge in [-0.05, 0) is 19.1 Å². The fourth-order valence-electron chi connectivity index (χ4n) is 2.39. The number of hydrogen-bond donors (Lipinski definition) is 0. The van der Waals surface area contributed by atoms with Gasteiger partial charge in [0.05, 0.1) is 33.4 Å². The van der Waals surface area contributed by atoms with Gasteiger partial charge in [-0.3, -0.25) is 0 Å². The van der Waals surface area contributed by atoms with Crippen LogP contribution in [0.3, 0.4) is 0 Å². The topological polar surface area (TPSA) is 39.0 Å². The van der Waals surface area contributed by atoms with E-state index >= 15 is 0 Å². The van der Waals surface area contributed by atoms with E-state index in [1.54, 1.807) is 18.4 Å². The van der Waals surface area contributed by atoms with E-state index in [4.69, 9.17) is 14.5 Å². The smallest absolute Gasteiger partial charge is 0.209 e. The fraction of sp³-hybridized carbons (Fsp3) is 0.400. The lowest BCUT2D eigenvalue weighted by atomic mass is 10.3. The van der Waals surface area contributed by atoms with E-state index in [1.807, 2.05) is 24.3 Å². The highest BCUT2D eigenvalue weighted by Crippen LogP contribution is 2.25. The largest absolute Gasteiger partial charge is 0.494 e. The number of nitrogens with zero attached hydrogens (tertiary/aromatic N) is 3. The first-order valence-corrected chi connectivity index (χ1v) is 7.85. The van der Waals surface area contributed by atoms with Gasteiger partial charge in [-0.15, -0.1) is 23.7 Å². The summed E-state index contributed by atoms with van der Waals surface area (Å²) in [5, 5.41) is 4.41. The first-order valence-electron chi connectivity index (χ1n) is 6.97. The molecule has 0 saturated carbocycles. The third-order valence-electron chi connectivity index (χ3n) is 3.42. The molecule has 0 aliphatic carbocycles. The van der Waals surface area contributed by atoms with Crippen LogP contribution in [0, 0.1) is 6.92 Å². The summed E-state index contributed by atoms with van der Waals surface area (Å²) in [6.07, 6.45) is 0. The molecule has 1 aliphatic heterocycles. The van der Waals surface area contributed by atoms with Crippen LogP contribution in [0.1, 0.15) is 5.69 Å². The molecular formula is C15H20ClN3O2S. The number of aromatic nitrogens is 1. The molecule has 0 N–H and O–H groups in total. The maximum absolute atomic E-state index is 5.43. The van der Waals surface area contributed by atoms with Crippen molar-refractivity contribution in [3.8, 4) is 5.75 Å². The normalized spacial score (nSPS) is 15.5. The van der Waals surface area contributed by atoms with Crippen molar-refractivity contribution in [2.24, 2.45) is 4.99 Å². The van der Waals surface area contributed by atoms with E-state index in [0.717, 1.165) is 42.5 Å². The van der Waals surface area contributed by atoms with Crippen molar-refractivity contribution in [3.05, 3.63) is 40.1 Å². The molecule has 0 atom stereocenters. The predicted molar refractivity (Wildman–Crippen MR) is 91.3 cm³/mol. The van der Waals surface area contributed by atoms with Gasteiger partial charge in [0.15, 0.2) is 0 Å². The molecule has 0 bridgehead atoms. The predicted octanol–water partition coefficient (Wildman–Crippen LogP) is 2.49. The Hall–Kier alpha value is -1.50. The van der Waals surface area contributed by atoms with Gasteiger partial charge in [-0.1, -0.05) is 12.1 Å². The van der Waals surface area contributed by atoms with Crippen LogP contribution in [-0.2, 0) is 4.74 Å². The van der Waals surface area contributed by atoms with Crippen LogP contribution in [0.15, 0.2) is 34.6 Å². The number of para-hydroxylation sites is 2. The Morgan fingerprint density at radius 2 is 1.95 bits per heavy atom. The number of thiazole rings is 1. The minimum atomic E-state index is 0. The first-order chi connectivity index (χ1) is 10.3. The van der Waals surface area contributed by atoms with Gasteiger partial charge in [0.25, 0.3) is 0 Å².